The number of hydrogen-bond acceptors (Lipinski definition) is 5. The van der Waals surface area contributed by atoms with Crippen LogP contribution in [0.2, 0.25) is 0 Å². The van der Waals surface area contributed by atoms with Gasteiger partial charge in [0.05, 0.1) is 31.0 Å². The maximum atomic E-state index is 13.2. The zero-order valence-corrected chi connectivity index (χ0v) is 17.7. The Morgan fingerprint density at radius 2 is 1.03 bits per heavy atom. The second-order valence-electron chi connectivity index (χ2n) is 7.55. The number of benzene rings is 4. The third-order valence-electron chi connectivity index (χ3n) is 5.79. The Bertz CT molecular complexity index is 1640. The highest BCUT2D eigenvalue weighted by Crippen LogP contribution is 2.45. The molecule has 6 rings (SSSR count). The van der Waals surface area contributed by atoms with Crippen LogP contribution in [-0.2, 0) is 19.7 Å². The molecule has 0 atom stereocenters. The van der Waals surface area contributed by atoms with Crippen molar-refractivity contribution in [1.82, 2.24) is 0 Å². The summed E-state index contributed by atoms with van der Waals surface area (Å²) in [6, 6.07) is 24.1. The minimum absolute atomic E-state index is 0.176. The van der Waals surface area contributed by atoms with Gasteiger partial charge in [0.2, 0.25) is 19.7 Å². The van der Waals surface area contributed by atoms with Crippen molar-refractivity contribution in [2.45, 2.75) is 19.6 Å². The monoisotopic (exact) mass is 445 g/mol. The zero-order chi connectivity index (χ0) is 21.4. The van der Waals surface area contributed by atoms with E-state index in [1.54, 1.807) is 72.8 Å². The van der Waals surface area contributed by atoms with E-state index in [1.165, 1.54) is 0 Å². The average molecular weight is 446 g/mol. The first-order valence-electron chi connectivity index (χ1n) is 9.61. The van der Waals surface area contributed by atoms with Gasteiger partial charge < -0.3 is 5.32 Å². The molecule has 4 aromatic carbocycles. The molecule has 4 aromatic rings. The summed E-state index contributed by atoms with van der Waals surface area (Å²) in [6.07, 6.45) is 0. The third kappa shape index (κ3) is 2.47. The van der Waals surface area contributed by atoms with Gasteiger partial charge in [-0.3, -0.25) is 0 Å². The molecule has 0 bridgehead atoms. The number of rotatable bonds is 1. The summed E-state index contributed by atoms with van der Waals surface area (Å²) in [5.74, 6) is 0. The minimum atomic E-state index is -3.69. The van der Waals surface area contributed by atoms with Crippen molar-refractivity contribution < 1.29 is 16.8 Å². The Kier molecular flexibility index (Phi) is 3.59. The Morgan fingerprint density at radius 1 is 0.484 bits per heavy atom. The van der Waals surface area contributed by atoms with Crippen molar-refractivity contribution in [3.8, 4) is 22.3 Å². The van der Waals surface area contributed by atoms with Crippen LogP contribution in [0.1, 0.15) is 0 Å². The van der Waals surface area contributed by atoms with E-state index in [0.29, 0.717) is 38.5 Å². The lowest BCUT2D eigenvalue weighted by atomic mass is 10.00. The van der Waals surface area contributed by atoms with Crippen LogP contribution < -0.4 is 5.32 Å². The summed E-state index contributed by atoms with van der Waals surface area (Å²) >= 11 is 0. The number of hydrogen-bond donors (Lipinski definition) is 1. The minimum Gasteiger partial charge on any atom is -0.353 e. The van der Waals surface area contributed by atoms with Gasteiger partial charge in [-0.05, 0) is 47.5 Å². The highest BCUT2D eigenvalue weighted by atomic mass is 32.2. The molecule has 2 aliphatic rings. The maximum Gasteiger partial charge on any atom is 0.210 e. The molecule has 0 radical (unpaired) electrons. The average Bonchev–Trinajstić information content (AvgIpc) is 3.01. The topological polar surface area (TPSA) is 80.3 Å². The fraction of sp³-hybridized carbons (Fsp3) is 0. The fourth-order valence-electron chi connectivity index (χ4n) is 4.28. The predicted molar refractivity (Wildman–Crippen MR) is 118 cm³/mol. The lowest BCUT2D eigenvalue weighted by Crippen LogP contribution is -2.13. The molecule has 0 amide bonds. The molecule has 31 heavy (non-hydrogen) atoms. The van der Waals surface area contributed by atoms with Crippen LogP contribution in [0, 0.1) is 0 Å². The highest BCUT2D eigenvalue weighted by Gasteiger charge is 2.33. The number of para-hydroxylation sites is 1. The molecule has 2 aliphatic heterocycles. The molecule has 0 unspecified atom stereocenters. The van der Waals surface area contributed by atoms with Crippen molar-refractivity contribution in [3.05, 3.63) is 84.9 Å². The van der Waals surface area contributed by atoms with E-state index in [4.69, 9.17) is 0 Å². The van der Waals surface area contributed by atoms with E-state index in [1.807, 2.05) is 12.1 Å². The smallest absolute Gasteiger partial charge is 0.210 e. The quantitative estimate of drug-likeness (QED) is 0.383. The molecule has 0 fully saturated rings. The molecule has 2 heterocycles. The molecule has 0 saturated carbocycles. The summed E-state index contributed by atoms with van der Waals surface area (Å²) in [5, 5.41) is 3.17. The van der Waals surface area contributed by atoms with Crippen molar-refractivity contribution >= 4 is 31.0 Å². The standard InChI is InChI=1S/C24H15NO4S2/c26-30(27)21-7-3-1-5-17(21)18-11-9-15(13-23(18)30)16-10-12-20-24(14-16)31(28,29)22-8-4-2-6-19(22)25-20/h1-14,25H. The second-order valence-corrected chi connectivity index (χ2v) is 11.3. The van der Waals surface area contributed by atoms with E-state index in [-0.39, 0.29) is 14.7 Å². The number of anilines is 2. The van der Waals surface area contributed by atoms with Crippen LogP contribution in [-0.4, -0.2) is 16.8 Å². The van der Waals surface area contributed by atoms with Gasteiger partial charge in [0.25, 0.3) is 0 Å². The van der Waals surface area contributed by atoms with Crippen LogP contribution in [0.15, 0.2) is 105 Å². The highest BCUT2D eigenvalue weighted by molar-refractivity contribution is 7.92. The van der Waals surface area contributed by atoms with Crippen molar-refractivity contribution in [2.75, 3.05) is 5.32 Å². The van der Waals surface area contributed by atoms with Gasteiger partial charge in [0, 0.05) is 11.1 Å². The van der Waals surface area contributed by atoms with Gasteiger partial charge >= 0.3 is 0 Å². The molecular formula is C24H15NO4S2. The SMILES string of the molecule is O=S1(=O)c2ccccc2Nc2ccc(-c3ccc4c(c3)S(=O)(=O)c3ccccc3-4)cc21. The molecule has 1 N–H and O–H groups in total. The summed E-state index contributed by atoms with van der Waals surface area (Å²) in [5.41, 5.74) is 3.69. The Morgan fingerprint density at radius 3 is 1.84 bits per heavy atom. The normalized spacial score (nSPS) is 16.4. The molecule has 0 saturated heterocycles. The van der Waals surface area contributed by atoms with Crippen molar-refractivity contribution in [3.63, 3.8) is 0 Å². The molecule has 152 valence electrons. The van der Waals surface area contributed by atoms with Crippen LogP contribution in [0.25, 0.3) is 22.3 Å². The third-order valence-corrected chi connectivity index (χ3v) is 9.49. The van der Waals surface area contributed by atoms with Crippen LogP contribution in [0.3, 0.4) is 0 Å². The van der Waals surface area contributed by atoms with Gasteiger partial charge in [0.15, 0.2) is 0 Å². The molecule has 0 spiro atoms. The first-order valence-corrected chi connectivity index (χ1v) is 12.6. The molecule has 7 heteroatoms. The number of nitrogens with one attached hydrogen (secondary N) is 1. The Balaban J connectivity index is 1.51. The summed E-state index contributed by atoms with van der Waals surface area (Å²) in [4.78, 5) is 0.952. The Hall–Kier alpha value is -3.42. The second kappa shape index (κ2) is 6.06. The molecule has 5 nitrogen and oxygen atoms in total. The lowest BCUT2D eigenvalue weighted by molar-refractivity contribution is 0.595. The van der Waals surface area contributed by atoms with Gasteiger partial charge in [-0.15, -0.1) is 0 Å². The predicted octanol–water partition coefficient (Wildman–Crippen LogP) is 5.06. The zero-order valence-electron chi connectivity index (χ0n) is 16.0. The van der Waals surface area contributed by atoms with E-state index in [9.17, 15) is 16.8 Å². The first-order chi connectivity index (χ1) is 14.9. The summed E-state index contributed by atoms with van der Waals surface area (Å²) < 4.78 is 52.4. The molecule has 0 aromatic heterocycles. The van der Waals surface area contributed by atoms with E-state index in [0.717, 1.165) is 0 Å². The molecule has 0 aliphatic carbocycles. The van der Waals surface area contributed by atoms with Crippen LogP contribution in [0.4, 0.5) is 11.4 Å². The van der Waals surface area contributed by atoms with E-state index >= 15 is 0 Å². The fourth-order valence-corrected chi connectivity index (χ4v) is 7.59. The van der Waals surface area contributed by atoms with Gasteiger partial charge in [0.1, 0.15) is 0 Å². The number of sulfone groups is 2. The van der Waals surface area contributed by atoms with Crippen molar-refractivity contribution in [2.24, 2.45) is 0 Å². The van der Waals surface area contributed by atoms with Crippen LogP contribution >= 0.6 is 0 Å². The summed E-state index contributed by atoms with van der Waals surface area (Å²) in [7, 11) is -7.30. The lowest BCUT2D eigenvalue weighted by Gasteiger charge is -2.22. The first kappa shape index (κ1) is 18.4. The van der Waals surface area contributed by atoms with Gasteiger partial charge in [-0.25, -0.2) is 16.8 Å². The van der Waals surface area contributed by atoms with E-state index < -0.39 is 19.7 Å². The Labute approximate surface area is 179 Å². The van der Waals surface area contributed by atoms with Crippen LogP contribution in [0.5, 0.6) is 0 Å². The largest absolute Gasteiger partial charge is 0.353 e. The van der Waals surface area contributed by atoms with Gasteiger partial charge in [-0.1, -0.05) is 48.5 Å². The maximum absolute atomic E-state index is 13.2. The molecular weight excluding hydrogens is 430 g/mol. The van der Waals surface area contributed by atoms with Gasteiger partial charge in [-0.2, -0.15) is 0 Å². The van der Waals surface area contributed by atoms with E-state index in [2.05, 4.69) is 5.32 Å². The summed E-state index contributed by atoms with van der Waals surface area (Å²) in [6.45, 7) is 0. The number of fused-ring (bicyclic) bond motifs is 5. The van der Waals surface area contributed by atoms with Crippen molar-refractivity contribution in [1.29, 1.82) is 0 Å².